The Balaban J connectivity index is 1.72. The van der Waals surface area contributed by atoms with E-state index in [9.17, 15) is 14.4 Å². The van der Waals surface area contributed by atoms with Gasteiger partial charge in [-0.3, -0.25) is 4.79 Å². The summed E-state index contributed by atoms with van der Waals surface area (Å²) in [5, 5.41) is 12.2. The quantitative estimate of drug-likeness (QED) is 0.933. The summed E-state index contributed by atoms with van der Waals surface area (Å²) in [6, 6.07) is 7.31. The van der Waals surface area contributed by atoms with Gasteiger partial charge in [0.25, 0.3) is 0 Å². The molecule has 0 bridgehead atoms. The van der Waals surface area contributed by atoms with Crippen LogP contribution in [0.5, 0.6) is 0 Å². The van der Waals surface area contributed by atoms with E-state index in [4.69, 9.17) is 0 Å². The van der Waals surface area contributed by atoms with Gasteiger partial charge in [0.05, 0.1) is 18.3 Å². The highest BCUT2D eigenvalue weighted by atomic mass is 19.1. The predicted molar refractivity (Wildman–Crippen MR) is 81.9 cm³/mol. The van der Waals surface area contributed by atoms with Gasteiger partial charge in [-0.25, -0.2) is 4.39 Å². The first-order valence-corrected chi connectivity index (χ1v) is 7.88. The number of hydrogen-bond donors (Lipinski definition) is 1. The van der Waals surface area contributed by atoms with E-state index in [1.54, 1.807) is 11.0 Å². The van der Waals surface area contributed by atoms with Gasteiger partial charge in [0, 0.05) is 6.54 Å². The van der Waals surface area contributed by atoms with Gasteiger partial charge in [0.1, 0.15) is 11.4 Å². The van der Waals surface area contributed by atoms with Crippen molar-refractivity contribution in [3.05, 3.63) is 29.6 Å². The Morgan fingerprint density at radius 2 is 2.14 bits per heavy atom. The highest BCUT2D eigenvalue weighted by Gasteiger charge is 2.36. The lowest BCUT2D eigenvalue weighted by atomic mass is 9.99. The Kier molecular flexibility index (Phi) is 4.02. The number of rotatable bonds is 3. The maximum atomic E-state index is 14.1. The fourth-order valence-corrected chi connectivity index (χ4v) is 3.57. The Hall–Kier alpha value is -2.09. The summed E-state index contributed by atoms with van der Waals surface area (Å²) in [5.41, 5.74) is 0.779. The number of amides is 1. The molecule has 5 heteroatoms. The van der Waals surface area contributed by atoms with Crippen molar-refractivity contribution in [1.29, 1.82) is 5.26 Å². The third-order valence-corrected chi connectivity index (χ3v) is 4.65. The van der Waals surface area contributed by atoms with Crippen LogP contribution in [0.4, 0.5) is 10.1 Å². The molecule has 116 valence electrons. The maximum absolute atomic E-state index is 14.1. The van der Waals surface area contributed by atoms with E-state index in [1.807, 2.05) is 6.07 Å². The molecule has 1 amide bonds. The van der Waals surface area contributed by atoms with Gasteiger partial charge in [-0.05, 0) is 50.2 Å². The van der Waals surface area contributed by atoms with Crippen LogP contribution in [0, 0.1) is 17.1 Å². The van der Waals surface area contributed by atoms with Crippen LogP contribution >= 0.6 is 0 Å². The lowest BCUT2D eigenvalue weighted by molar-refractivity contribution is -0.121. The molecular weight excluding hydrogens is 281 g/mol. The first kappa shape index (κ1) is 14.8. The second kappa shape index (κ2) is 5.96. The third kappa shape index (κ3) is 2.78. The second-order valence-corrected chi connectivity index (χ2v) is 6.22. The number of hydrogen-bond acceptors (Lipinski definition) is 3. The average molecular weight is 301 g/mol. The molecule has 0 radical (unpaired) electrons. The first-order valence-electron chi connectivity index (χ1n) is 7.88. The van der Waals surface area contributed by atoms with E-state index in [-0.39, 0.29) is 18.3 Å². The van der Waals surface area contributed by atoms with Gasteiger partial charge < -0.3 is 10.2 Å². The normalized spacial score (nSPS) is 19.4. The molecule has 4 nitrogen and oxygen atoms in total. The molecular formula is C17H20FN3O. The SMILES string of the molecule is N#CC1(NC(=O)CN2CCCc3cccc(F)c32)CCCC1. The van der Waals surface area contributed by atoms with E-state index in [1.165, 1.54) is 6.07 Å². The molecule has 0 spiro atoms. The van der Waals surface area contributed by atoms with Crippen LogP contribution in [0.25, 0.3) is 0 Å². The highest BCUT2D eigenvalue weighted by Crippen LogP contribution is 2.31. The fourth-order valence-electron chi connectivity index (χ4n) is 3.57. The largest absolute Gasteiger partial charge is 0.360 e. The number of nitriles is 1. The monoisotopic (exact) mass is 301 g/mol. The highest BCUT2D eigenvalue weighted by molar-refractivity contribution is 5.83. The minimum Gasteiger partial charge on any atom is -0.360 e. The van der Waals surface area contributed by atoms with Gasteiger partial charge in [-0.2, -0.15) is 5.26 Å². The average Bonchev–Trinajstić information content (AvgIpc) is 2.96. The van der Waals surface area contributed by atoms with Crippen LogP contribution in [0.2, 0.25) is 0 Å². The summed E-state index contributed by atoms with van der Waals surface area (Å²) in [5.74, 6) is -0.472. The van der Waals surface area contributed by atoms with Crippen LogP contribution < -0.4 is 10.2 Å². The minimum absolute atomic E-state index is 0.108. The zero-order valence-electron chi connectivity index (χ0n) is 12.6. The number of fused-ring (bicyclic) bond motifs is 1. The number of carbonyl (C=O) groups is 1. The molecule has 22 heavy (non-hydrogen) atoms. The number of aryl methyl sites for hydroxylation is 1. The predicted octanol–water partition coefficient (Wildman–Crippen LogP) is 2.53. The van der Waals surface area contributed by atoms with Crippen LogP contribution in [0.1, 0.15) is 37.7 Å². The van der Waals surface area contributed by atoms with Crippen molar-refractivity contribution in [3.8, 4) is 6.07 Å². The van der Waals surface area contributed by atoms with Gasteiger partial charge in [-0.15, -0.1) is 0 Å². The van der Waals surface area contributed by atoms with Gasteiger partial charge in [0.15, 0.2) is 0 Å². The molecule has 1 aliphatic heterocycles. The van der Waals surface area contributed by atoms with Gasteiger partial charge in [0.2, 0.25) is 5.91 Å². The van der Waals surface area contributed by atoms with Crippen molar-refractivity contribution in [2.24, 2.45) is 0 Å². The maximum Gasteiger partial charge on any atom is 0.240 e. The van der Waals surface area contributed by atoms with Crippen molar-refractivity contribution in [2.75, 3.05) is 18.0 Å². The number of halogens is 1. The molecule has 0 unspecified atom stereocenters. The van der Waals surface area contributed by atoms with Crippen molar-refractivity contribution < 1.29 is 9.18 Å². The number of carbonyl (C=O) groups excluding carboxylic acids is 1. The molecule has 0 atom stereocenters. The molecule has 1 aromatic carbocycles. The molecule has 0 saturated heterocycles. The summed E-state index contributed by atoms with van der Waals surface area (Å²) in [4.78, 5) is 14.1. The Labute approximate surface area is 129 Å². The number of benzene rings is 1. The summed E-state index contributed by atoms with van der Waals surface area (Å²) < 4.78 is 14.1. The second-order valence-electron chi connectivity index (χ2n) is 6.22. The van der Waals surface area contributed by atoms with Crippen LogP contribution in [0.15, 0.2) is 18.2 Å². The number of nitrogens with zero attached hydrogens (tertiary/aromatic N) is 2. The van der Waals surface area contributed by atoms with Crippen LogP contribution in [0.3, 0.4) is 0 Å². The zero-order chi connectivity index (χ0) is 15.6. The standard InChI is InChI=1S/C17H20FN3O/c18-14-7-3-5-13-6-4-10-21(16(13)14)11-15(22)20-17(12-19)8-1-2-9-17/h3,5,7H,1-2,4,6,8-11H2,(H,20,22). The van der Waals surface area contributed by atoms with Crippen LogP contribution in [-0.2, 0) is 11.2 Å². The van der Waals surface area contributed by atoms with E-state index >= 15 is 0 Å². The summed E-state index contributed by atoms with van der Waals surface area (Å²) >= 11 is 0. The molecule has 1 N–H and O–H groups in total. The van der Waals surface area contributed by atoms with E-state index < -0.39 is 5.54 Å². The Morgan fingerprint density at radius 1 is 1.36 bits per heavy atom. The molecule has 1 aliphatic carbocycles. The lowest BCUT2D eigenvalue weighted by Gasteiger charge is -2.32. The molecule has 1 saturated carbocycles. The topological polar surface area (TPSA) is 56.1 Å². The van der Waals surface area contributed by atoms with Crippen molar-refractivity contribution >= 4 is 11.6 Å². The minimum atomic E-state index is -0.717. The van der Waals surface area contributed by atoms with E-state index in [0.29, 0.717) is 25.1 Å². The zero-order valence-corrected chi connectivity index (χ0v) is 12.6. The molecule has 1 heterocycles. The van der Waals surface area contributed by atoms with Gasteiger partial charge in [-0.1, -0.05) is 12.1 Å². The number of anilines is 1. The molecule has 3 rings (SSSR count). The van der Waals surface area contributed by atoms with Crippen LogP contribution in [-0.4, -0.2) is 24.5 Å². The fraction of sp³-hybridized carbons (Fsp3) is 0.529. The smallest absolute Gasteiger partial charge is 0.240 e. The van der Waals surface area contributed by atoms with E-state index in [0.717, 1.165) is 31.2 Å². The lowest BCUT2D eigenvalue weighted by Crippen LogP contribution is -2.49. The van der Waals surface area contributed by atoms with Crippen molar-refractivity contribution in [2.45, 2.75) is 44.1 Å². The Morgan fingerprint density at radius 3 is 2.86 bits per heavy atom. The first-order chi connectivity index (χ1) is 10.6. The number of para-hydroxylation sites is 1. The molecule has 1 fully saturated rings. The summed E-state index contributed by atoms with van der Waals surface area (Å²) in [6.07, 6.45) is 5.10. The summed E-state index contributed by atoms with van der Waals surface area (Å²) in [7, 11) is 0. The molecule has 2 aliphatic rings. The van der Waals surface area contributed by atoms with Crippen molar-refractivity contribution in [1.82, 2.24) is 5.32 Å². The van der Waals surface area contributed by atoms with Gasteiger partial charge >= 0.3 is 0 Å². The Bertz CT molecular complexity index is 617. The molecule has 0 aromatic heterocycles. The summed E-state index contributed by atoms with van der Waals surface area (Å²) in [6.45, 7) is 0.776. The third-order valence-electron chi connectivity index (χ3n) is 4.65. The number of nitrogens with one attached hydrogen (secondary N) is 1. The molecule has 1 aromatic rings. The van der Waals surface area contributed by atoms with E-state index in [2.05, 4.69) is 11.4 Å². The van der Waals surface area contributed by atoms with Crippen molar-refractivity contribution in [3.63, 3.8) is 0 Å².